The Bertz CT molecular complexity index is 26.3. The molecule has 4 heavy (non-hydrogen) atoms. The van der Waals surface area contributed by atoms with Gasteiger partial charge < -0.3 is 0 Å². The topological polar surface area (TPSA) is 0 Å². The van der Waals surface area contributed by atoms with Gasteiger partial charge in [-0.05, 0) is 6.42 Å². The van der Waals surface area contributed by atoms with Gasteiger partial charge >= 0.3 is 0 Å². The Morgan fingerprint density at radius 3 is 1.50 bits per heavy atom. The van der Waals surface area contributed by atoms with Crippen LogP contribution in [0.3, 0.4) is 0 Å². The summed E-state index contributed by atoms with van der Waals surface area (Å²) in [4.78, 5) is 0. The summed E-state index contributed by atoms with van der Waals surface area (Å²) in [7, 11) is 0. The number of hydrogen-bond acceptors (Lipinski definition) is 0. The molecule has 0 nitrogen and oxygen atoms in total. The van der Waals surface area contributed by atoms with Crippen LogP contribution in [0.2, 0.25) is 0 Å². The van der Waals surface area contributed by atoms with Crippen LogP contribution in [0.15, 0.2) is 12.2 Å². The van der Waals surface area contributed by atoms with Crippen molar-refractivity contribution >= 4 is 0 Å². The summed E-state index contributed by atoms with van der Waals surface area (Å²) in [6.07, 6.45) is 5.50. The third-order valence-electron chi connectivity index (χ3n) is 0.236. The standard InChI is InChI=1S/C3H4.Ni/c1-2-3-1;/h1-2H,3H2;. The minimum atomic E-state index is 0. The van der Waals surface area contributed by atoms with Crippen LogP contribution in [0.1, 0.15) is 6.42 Å². The summed E-state index contributed by atoms with van der Waals surface area (Å²) in [5, 5.41) is 0. The fourth-order valence-corrected chi connectivity index (χ4v) is 0. The summed E-state index contributed by atoms with van der Waals surface area (Å²) in [5.41, 5.74) is 0. The van der Waals surface area contributed by atoms with Crippen molar-refractivity contribution < 1.29 is 16.5 Å². The zero-order chi connectivity index (χ0) is 2.12. The minimum Gasteiger partial charge on any atom is -0.0844 e. The number of rotatable bonds is 0. The SMILES string of the molecule is C1=CC1.[Ni]. The van der Waals surface area contributed by atoms with Crippen molar-refractivity contribution in [2.24, 2.45) is 0 Å². The van der Waals surface area contributed by atoms with Gasteiger partial charge in [-0.25, -0.2) is 0 Å². The van der Waals surface area contributed by atoms with Gasteiger partial charge in [0, 0.05) is 16.5 Å². The van der Waals surface area contributed by atoms with E-state index in [0.717, 1.165) is 0 Å². The molecule has 0 aromatic rings. The Balaban J connectivity index is 0.0000000900. The van der Waals surface area contributed by atoms with Gasteiger partial charge in [-0.3, -0.25) is 0 Å². The van der Waals surface area contributed by atoms with Gasteiger partial charge in [0.1, 0.15) is 0 Å². The van der Waals surface area contributed by atoms with Gasteiger partial charge in [0.05, 0.1) is 0 Å². The van der Waals surface area contributed by atoms with Gasteiger partial charge in [-0.2, -0.15) is 0 Å². The van der Waals surface area contributed by atoms with Crippen LogP contribution in [0, 0.1) is 0 Å². The first-order chi connectivity index (χ1) is 1.50. The monoisotopic (exact) mass is 98.0 g/mol. The molecular formula is C3H4Ni. The molecule has 1 heteroatoms. The molecule has 0 unspecified atom stereocenters. The van der Waals surface area contributed by atoms with Crippen LogP contribution in [0.5, 0.6) is 0 Å². The molecule has 0 fully saturated rings. The van der Waals surface area contributed by atoms with Crippen LogP contribution >= 0.6 is 0 Å². The maximum Gasteiger partial charge on any atom is 0 e. The molecule has 0 amide bonds. The molecule has 1 aliphatic rings. The van der Waals surface area contributed by atoms with Crippen molar-refractivity contribution in [1.82, 2.24) is 0 Å². The Morgan fingerprint density at radius 2 is 1.50 bits per heavy atom. The summed E-state index contributed by atoms with van der Waals surface area (Å²) < 4.78 is 0. The number of hydrogen-bond donors (Lipinski definition) is 0. The van der Waals surface area contributed by atoms with E-state index in [4.69, 9.17) is 0 Å². The van der Waals surface area contributed by atoms with Crippen LogP contribution in [0.4, 0.5) is 0 Å². The Labute approximate surface area is 35.8 Å². The van der Waals surface area contributed by atoms with E-state index in [-0.39, 0.29) is 16.5 Å². The van der Waals surface area contributed by atoms with Gasteiger partial charge in [0.15, 0.2) is 0 Å². The van der Waals surface area contributed by atoms with Crippen molar-refractivity contribution in [3.63, 3.8) is 0 Å². The third kappa shape index (κ3) is 2.23. The average Bonchev–Trinajstić information content (AvgIpc) is 1.46. The van der Waals surface area contributed by atoms with Crippen molar-refractivity contribution in [1.29, 1.82) is 0 Å². The molecule has 1 rings (SSSR count). The van der Waals surface area contributed by atoms with E-state index in [1.165, 1.54) is 6.42 Å². The molecule has 0 bridgehead atoms. The zero-order valence-corrected chi connectivity index (χ0v) is 3.17. The molecule has 0 heterocycles. The molecule has 0 N–H and O–H groups in total. The van der Waals surface area contributed by atoms with Gasteiger partial charge in [-0.15, -0.1) is 0 Å². The average molecular weight is 98.8 g/mol. The second-order valence-electron chi connectivity index (χ2n) is 0.707. The molecule has 1 aliphatic carbocycles. The first kappa shape index (κ1) is 4.23. The summed E-state index contributed by atoms with van der Waals surface area (Å²) in [6, 6.07) is 0. The van der Waals surface area contributed by atoms with E-state index in [0.29, 0.717) is 0 Å². The van der Waals surface area contributed by atoms with Crippen molar-refractivity contribution in [3.05, 3.63) is 12.2 Å². The second-order valence-corrected chi connectivity index (χ2v) is 0.707. The van der Waals surface area contributed by atoms with Crippen LogP contribution in [-0.2, 0) is 16.5 Å². The number of allylic oxidation sites excluding steroid dienone is 2. The molecule has 0 spiro atoms. The van der Waals surface area contributed by atoms with E-state index in [2.05, 4.69) is 12.2 Å². The molecule has 0 aromatic carbocycles. The summed E-state index contributed by atoms with van der Waals surface area (Å²) in [5.74, 6) is 0. The molecule has 0 aromatic heterocycles. The van der Waals surface area contributed by atoms with E-state index >= 15 is 0 Å². The predicted molar refractivity (Wildman–Crippen MR) is 13.8 cm³/mol. The fourth-order valence-electron chi connectivity index (χ4n) is 0. The molecule has 0 saturated carbocycles. The Kier molecular flexibility index (Phi) is 1.63. The first-order valence-electron chi connectivity index (χ1n) is 1.15. The smallest absolute Gasteiger partial charge is 0 e. The van der Waals surface area contributed by atoms with Crippen molar-refractivity contribution in [2.75, 3.05) is 0 Å². The quantitative estimate of drug-likeness (QED) is 0.313. The maximum absolute atomic E-state index is 2.12. The normalized spacial score (nSPS) is 14.0. The predicted octanol–water partition coefficient (Wildman–Crippen LogP) is 0.944. The Morgan fingerprint density at radius 1 is 1.25 bits per heavy atom. The molecule has 26 valence electrons. The molecule has 0 aliphatic heterocycles. The Hall–Kier alpha value is 0.234. The van der Waals surface area contributed by atoms with Crippen molar-refractivity contribution in [2.45, 2.75) is 6.42 Å². The molecular weight excluding hydrogens is 94.7 g/mol. The van der Waals surface area contributed by atoms with E-state index < -0.39 is 0 Å². The van der Waals surface area contributed by atoms with Crippen LogP contribution < -0.4 is 0 Å². The first-order valence-corrected chi connectivity index (χ1v) is 1.15. The largest absolute Gasteiger partial charge is 0.0844 e. The van der Waals surface area contributed by atoms with Crippen molar-refractivity contribution in [3.8, 4) is 0 Å². The molecule has 0 radical (unpaired) electrons. The summed E-state index contributed by atoms with van der Waals surface area (Å²) >= 11 is 0. The van der Waals surface area contributed by atoms with Gasteiger partial charge in [-0.1, -0.05) is 12.2 Å². The summed E-state index contributed by atoms with van der Waals surface area (Å²) in [6.45, 7) is 0. The fraction of sp³-hybridized carbons (Fsp3) is 0.333. The van der Waals surface area contributed by atoms with Gasteiger partial charge in [0.2, 0.25) is 0 Å². The maximum atomic E-state index is 2.12. The second kappa shape index (κ2) is 1.54. The van der Waals surface area contributed by atoms with Crippen LogP contribution in [0.25, 0.3) is 0 Å². The zero-order valence-electron chi connectivity index (χ0n) is 2.18. The van der Waals surface area contributed by atoms with Gasteiger partial charge in [0.25, 0.3) is 0 Å². The van der Waals surface area contributed by atoms with Crippen LogP contribution in [-0.4, -0.2) is 0 Å². The molecule has 0 atom stereocenters. The third-order valence-corrected chi connectivity index (χ3v) is 0.236. The minimum absolute atomic E-state index is 0. The van der Waals surface area contributed by atoms with E-state index in [1.807, 2.05) is 0 Å². The van der Waals surface area contributed by atoms with E-state index in [1.54, 1.807) is 0 Å². The molecule has 0 saturated heterocycles. The van der Waals surface area contributed by atoms with E-state index in [9.17, 15) is 0 Å².